The van der Waals surface area contributed by atoms with Gasteiger partial charge in [0.15, 0.2) is 0 Å². The molecule has 0 bridgehead atoms. The molecular formula is C15H21N3O2. The van der Waals surface area contributed by atoms with E-state index in [1.807, 2.05) is 0 Å². The van der Waals surface area contributed by atoms with Gasteiger partial charge in [-0.3, -0.25) is 9.59 Å². The molecule has 5 N–H and O–H groups in total. The van der Waals surface area contributed by atoms with Crippen molar-refractivity contribution in [1.29, 1.82) is 0 Å². The number of carbonyl (C=O) groups is 2. The SMILES string of the molecule is NCC(NC(=O)c1cccc(C(N)=O)c1)C1CCCC1. The van der Waals surface area contributed by atoms with Crippen LogP contribution < -0.4 is 16.8 Å². The van der Waals surface area contributed by atoms with Crippen molar-refractivity contribution < 1.29 is 9.59 Å². The van der Waals surface area contributed by atoms with Crippen LogP contribution >= 0.6 is 0 Å². The molecule has 0 spiro atoms. The highest BCUT2D eigenvalue weighted by molar-refractivity contribution is 5.99. The van der Waals surface area contributed by atoms with E-state index in [2.05, 4.69) is 5.32 Å². The predicted octanol–water partition coefficient (Wildman–Crippen LogP) is 1.03. The monoisotopic (exact) mass is 275 g/mol. The highest BCUT2D eigenvalue weighted by Crippen LogP contribution is 2.27. The second kappa shape index (κ2) is 6.52. The average Bonchev–Trinajstić information content (AvgIpc) is 2.98. The molecule has 0 aliphatic heterocycles. The predicted molar refractivity (Wildman–Crippen MR) is 77.2 cm³/mol. The van der Waals surface area contributed by atoms with E-state index in [1.54, 1.807) is 18.2 Å². The number of hydrogen-bond donors (Lipinski definition) is 3. The van der Waals surface area contributed by atoms with Crippen LogP contribution in [0.2, 0.25) is 0 Å². The van der Waals surface area contributed by atoms with Gasteiger partial charge in [-0.2, -0.15) is 0 Å². The van der Waals surface area contributed by atoms with E-state index >= 15 is 0 Å². The molecule has 20 heavy (non-hydrogen) atoms. The first kappa shape index (κ1) is 14.5. The number of rotatable bonds is 5. The fourth-order valence-corrected chi connectivity index (χ4v) is 2.79. The highest BCUT2D eigenvalue weighted by Gasteiger charge is 2.25. The first-order valence-corrected chi connectivity index (χ1v) is 7.02. The minimum absolute atomic E-state index is 0.00207. The largest absolute Gasteiger partial charge is 0.366 e. The number of primary amides is 1. The van der Waals surface area contributed by atoms with Gasteiger partial charge >= 0.3 is 0 Å². The molecule has 5 nitrogen and oxygen atoms in total. The topological polar surface area (TPSA) is 98.2 Å². The lowest BCUT2D eigenvalue weighted by molar-refractivity contribution is 0.0924. The average molecular weight is 275 g/mol. The third kappa shape index (κ3) is 3.36. The lowest BCUT2D eigenvalue weighted by Gasteiger charge is -2.23. The number of benzene rings is 1. The molecule has 5 heteroatoms. The summed E-state index contributed by atoms with van der Waals surface area (Å²) in [5.41, 5.74) is 11.8. The van der Waals surface area contributed by atoms with Gasteiger partial charge in [-0.15, -0.1) is 0 Å². The van der Waals surface area contributed by atoms with Crippen LogP contribution in [0.5, 0.6) is 0 Å². The second-order valence-electron chi connectivity index (χ2n) is 5.31. The van der Waals surface area contributed by atoms with Gasteiger partial charge in [-0.05, 0) is 37.0 Å². The molecule has 2 amide bonds. The first-order chi connectivity index (χ1) is 9.61. The number of nitrogens with one attached hydrogen (secondary N) is 1. The summed E-state index contributed by atoms with van der Waals surface area (Å²) < 4.78 is 0. The Morgan fingerprint density at radius 2 is 1.90 bits per heavy atom. The molecule has 108 valence electrons. The summed E-state index contributed by atoms with van der Waals surface area (Å²) in [6, 6.07) is 6.44. The van der Waals surface area contributed by atoms with Crippen molar-refractivity contribution in [3.8, 4) is 0 Å². The molecule has 1 aliphatic rings. The van der Waals surface area contributed by atoms with Gasteiger partial charge in [0.25, 0.3) is 5.91 Å². The summed E-state index contributed by atoms with van der Waals surface area (Å²) in [5.74, 6) is -0.274. The zero-order valence-electron chi connectivity index (χ0n) is 11.5. The maximum atomic E-state index is 12.2. The maximum absolute atomic E-state index is 12.2. The Kier molecular flexibility index (Phi) is 4.74. The van der Waals surface area contributed by atoms with Gasteiger partial charge in [0.2, 0.25) is 5.91 Å². The Balaban J connectivity index is 2.06. The third-order valence-electron chi connectivity index (χ3n) is 3.95. The van der Waals surface area contributed by atoms with Crippen molar-refractivity contribution in [3.63, 3.8) is 0 Å². The summed E-state index contributed by atoms with van der Waals surface area (Å²) in [6.07, 6.45) is 4.63. The van der Waals surface area contributed by atoms with Crippen LogP contribution in [0.4, 0.5) is 0 Å². The zero-order chi connectivity index (χ0) is 14.5. The van der Waals surface area contributed by atoms with Gasteiger partial charge < -0.3 is 16.8 Å². The van der Waals surface area contributed by atoms with Gasteiger partial charge in [-0.25, -0.2) is 0 Å². The van der Waals surface area contributed by atoms with E-state index in [0.717, 1.165) is 12.8 Å². The van der Waals surface area contributed by atoms with Crippen LogP contribution in [0.3, 0.4) is 0 Å². The fraction of sp³-hybridized carbons (Fsp3) is 0.467. The molecule has 2 rings (SSSR count). The van der Waals surface area contributed by atoms with E-state index in [1.165, 1.54) is 18.9 Å². The van der Waals surface area contributed by atoms with Crippen molar-refractivity contribution in [2.45, 2.75) is 31.7 Å². The second-order valence-corrected chi connectivity index (χ2v) is 5.31. The molecule has 1 aromatic rings. The van der Waals surface area contributed by atoms with Crippen molar-refractivity contribution >= 4 is 11.8 Å². The highest BCUT2D eigenvalue weighted by atomic mass is 16.2. The van der Waals surface area contributed by atoms with Crippen LogP contribution in [0.15, 0.2) is 24.3 Å². The minimum Gasteiger partial charge on any atom is -0.366 e. The summed E-state index contributed by atoms with van der Waals surface area (Å²) in [6.45, 7) is 0.436. The maximum Gasteiger partial charge on any atom is 0.251 e. The Morgan fingerprint density at radius 3 is 2.50 bits per heavy atom. The molecule has 0 saturated heterocycles. The number of hydrogen-bond acceptors (Lipinski definition) is 3. The molecule has 1 fully saturated rings. The molecule has 1 aliphatic carbocycles. The minimum atomic E-state index is -0.536. The fourth-order valence-electron chi connectivity index (χ4n) is 2.79. The smallest absolute Gasteiger partial charge is 0.251 e. The summed E-state index contributed by atoms with van der Waals surface area (Å²) >= 11 is 0. The van der Waals surface area contributed by atoms with E-state index in [0.29, 0.717) is 23.6 Å². The van der Waals surface area contributed by atoms with E-state index in [9.17, 15) is 9.59 Å². The summed E-state index contributed by atoms with van der Waals surface area (Å²) in [4.78, 5) is 23.4. The molecule has 0 heterocycles. The lowest BCUT2D eigenvalue weighted by Crippen LogP contribution is -2.44. The number of nitrogens with two attached hydrogens (primary N) is 2. The quantitative estimate of drug-likeness (QED) is 0.748. The molecule has 1 unspecified atom stereocenters. The molecule has 1 saturated carbocycles. The standard InChI is InChI=1S/C15H21N3O2/c16-9-13(10-4-1-2-5-10)18-15(20)12-7-3-6-11(8-12)14(17)19/h3,6-8,10,13H,1-2,4-5,9,16H2,(H2,17,19)(H,18,20). The van der Waals surface area contributed by atoms with Crippen molar-refractivity contribution in [3.05, 3.63) is 35.4 Å². The Bertz CT molecular complexity index is 496. The van der Waals surface area contributed by atoms with Crippen molar-refractivity contribution in [2.24, 2.45) is 17.4 Å². The van der Waals surface area contributed by atoms with Crippen LogP contribution in [0, 0.1) is 5.92 Å². The third-order valence-corrected chi connectivity index (χ3v) is 3.95. The molecular weight excluding hydrogens is 254 g/mol. The van der Waals surface area contributed by atoms with E-state index in [4.69, 9.17) is 11.5 Å². The number of amides is 2. The van der Waals surface area contributed by atoms with Crippen LogP contribution in [0.1, 0.15) is 46.4 Å². The van der Waals surface area contributed by atoms with Crippen LogP contribution in [-0.2, 0) is 0 Å². The van der Waals surface area contributed by atoms with Crippen LogP contribution in [0.25, 0.3) is 0 Å². The zero-order valence-corrected chi connectivity index (χ0v) is 11.5. The molecule has 0 radical (unpaired) electrons. The Hall–Kier alpha value is -1.88. The van der Waals surface area contributed by atoms with Gasteiger partial charge in [0.1, 0.15) is 0 Å². The first-order valence-electron chi connectivity index (χ1n) is 7.02. The van der Waals surface area contributed by atoms with Crippen LogP contribution in [-0.4, -0.2) is 24.4 Å². The summed E-state index contributed by atoms with van der Waals surface area (Å²) in [5, 5.41) is 2.98. The number of carbonyl (C=O) groups excluding carboxylic acids is 2. The molecule has 1 atom stereocenters. The molecule has 1 aromatic carbocycles. The van der Waals surface area contributed by atoms with Crippen molar-refractivity contribution in [1.82, 2.24) is 5.32 Å². The Morgan fingerprint density at radius 1 is 1.25 bits per heavy atom. The van der Waals surface area contributed by atoms with Gasteiger partial charge in [-0.1, -0.05) is 18.9 Å². The van der Waals surface area contributed by atoms with Crippen molar-refractivity contribution in [2.75, 3.05) is 6.54 Å². The van der Waals surface area contributed by atoms with E-state index < -0.39 is 5.91 Å². The summed E-state index contributed by atoms with van der Waals surface area (Å²) in [7, 11) is 0. The Labute approximate surface area is 118 Å². The molecule has 0 aromatic heterocycles. The van der Waals surface area contributed by atoms with Gasteiger partial charge in [0, 0.05) is 23.7 Å². The van der Waals surface area contributed by atoms with Gasteiger partial charge in [0.05, 0.1) is 0 Å². The lowest BCUT2D eigenvalue weighted by atomic mass is 9.97. The normalized spacial score (nSPS) is 16.9. The van der Waals surface area contributed by atoms with E-state index in [-0.39, 0.29) is 11.9 Å².